The maximum atomic E-state index is 4.87. The Kier molecular flexibility index (Phi) is 4.25. The zero-order chi connectivity index (χ0) is 15.6. The molecule has 1 aliphatic heterocycles. The monoisotopic (exact) mass is 317 g/mol. The van der Waals surface area contributed by atoms with E-state index in [1.807, 2.05) is 13.1 Å². The Morgan fingerprint density at radius 1 is 1.30 bits per heavy atom. The minimum Gasteiger partial charge on any atom is -0.364 e. The van der Waals surface area contributed by atoms with Gasteiger partial charge in [-0.3, -0.25) is 9.89 Å². The molecule has 1 aromatic rings. The standard InChI is InChI=1S/C17H27N5O/c1-18-17(19-12-15-4-9-23-20-15)22-7-5-21(6-8-22)16-11-13-2-3-14(16)10-13/h4,9,13-14,16H,2-3,5-8,10-12H2,1H3,(H,18,19). The Morgan fingerprint density at radius 2 is 2.17 bits per heavy atom. The lowest BCUT2D eigenvalue weighted by Crippen LogP contribution is -2.55. The molecule has 1 saturated heterocycles. The molecule has 3 aliphatic rings. The van der Waals surface area contributed by atoms with Crippen LogP contribution in [0.5, 0.6) is 0 Å². The normalized spacial score (nSPS) is 31.8. The molecule has 3 atom stereocenters. The first-order valence-corrected chi connectivity index (χ1v) is 8.92. The van der Waals surface area contributed by atoms with E-state index < -0.39 is 0 Å². The van der Waals surface area contributed by atoms with E-state index in [1.165, 1.54) is 38.8 Å². The Labute approximate surface area is 137 Å². The van der Waals surface area contributed by atoms with Crippen LogP contribution in [0, 0.1) is 11.8 Å². The quantitative estimate of drug-likeness (QED) is 0.677. The molecule has 2 heterocycles. The predicted octanol–water partition coefficient (Wildman–Crippen LogP) is 1.56. The fourth-order valence-corrected chi connectivity index (χ4v) is 4.75. The fourth-order valence-electron chi connectivity index (χ4n) is 4.75. The number of fused-ring (bicyclic) bond motifs is 2. The van der Waals surface area contributed by atoms with Gasteiger partial charge in [0.2, 0.25) is 0 Å². The van der Waals surface area contributed by atoms with Crippen molar-refractivity contribution >= 4 is 5.96 Å². The van der Waals surface area contributed by atoms with Gasteiger partial charge in [0.25, 0.3) is 0 Å². The molecule has 2 aliphatic carbocycles. The van der Waals surface area contributed by atoms with Crippen LogP contribution in [0.25, 0.3) is 0 Å². The molecule has 1 aromatic heterocycles. The van der Waals surface area contributed by atoms with Crippen molar-refractivity contribution in [2.45, 2.75) is 38.3 Å². The van der Waals surface area contributed by atoms with E-state index in [0.717, 1.165) is 42.6 Å². The number of hydrogen-bond acceptors (Lipinski definition) is 4. The number of guanidine groups is 1. The van der Waals surface area contributed by atoms with Crippen molar-refractivity contribution in [3.63, 3.8) is 0 Å². The van der Waals surface area contributed by atoms with Crippen LogP contribution < -0.4 is 5.32 Å². The zero-order valence-electron chi connectivity index (χ0n) is 13.9. The lowest BCUT2D eigenvalue weighted by molar-refractivity contribution is 0.0958. The van der Waals surface area contributed by atoms with Crippen molar-refractivity contribution in [2.24, 2.45) is 16.8 Å². The first kappa shape index (κ1) is 15.0. The second-order valence-electron chi connectivity index (χ2n) is 7.16. The third-order valence-electron chi connectivity index (χ3n) is 5.91. The van der Waals surface area contributed by atoms with E-state index in [-0.39, 0.29) is 0 Å². The van der Waals surface area contributed by atoms with Crippen LogP contribution in [-0.4, -0.2) is 60.2 Å². The average molecular weight is 317 g/mol. The summed E-state index contributed by atoms with van der Waals surface area (Å²) in [6.45, 7) is 5.12. The second-order valence-corrected chi connectivity index (χ2v) is 7.16. The highest BCUT2D eigenvalue weighted by atomic mass is 16.5. The second kappa shape index (κ2) is 6.51. The van der Waals surface area contributed by atoms with Crippen LogP contribution in [0.3, 0.4) is 0 Å². The molecule has 0 amide bonds. The van der Waals surface area contributed by atoms with Gasteiger partial charge in [-0.2, -0.15) is 0 Å². The summed E-state index contributed by atoms with van der Waals surface area (Å²) < 4.78 is 4.87. The zero-order valence-corrected chi connectivity index (χ0v) is 13.9. The molecule has 1 N–H and O–H groups in total. The molecular weight excluding hydrogens is 290 g/mol. The first-order chi connectivity index (χ1) is 11.3. The van der Waals surface area contributed by atoms with Crippen LogP contribution >= 0.6 is 0 Å². The summed E-state index contributed by atoms with van der Waals surface area (Å²) in [7, 11) is 1.85. The fraction of sp³-hybridized carbons (Fsp3) is 0.765. The van der Waals surface area contributed by atoms with Gasteiger partial charge in [0.1, 0.15) is 12.0 Å². The molecule has 23 heavy (non-hydrogen) atoms. The molecule has 0 spiro atoms. The molecule has 2 bridgehead atoms. The van der Waals surface area contributed by atoms with Gasteiger partial charge in [-0.15, -0.1) is 0 Å². The van der Waals surface area contributed by atoms with Crippen LogP contribution in [0.2, 0.25) is 0 Å². The molecule has 2 saturated carbocycles. The Hall–Kier alpha value is -1.56. The first-order valence-electron chi connectivity index (χ1n) is 8.92. The van der Waals surface area contributed by atoms with Crippen molar-refractivity contribution in [3.05, 3.63) is 18.0 Å². The van der Waals surface area contributed by atoms with Gasteiger partial charge in [0.05, 0.1) is 6.54 Å². The third-order valence-corrected chi connectivity index (χ3v) is 5.91. The van der Waals surface area contributed by atoms with Gasteiger partial charge in [0.15, 0.2) is 5.96 Å². The SMILES string of the molecule is CN=C(NCc1ccon1)N1CCN(C2CC3CCC2C3)CC1. The van der Waals surface area contributed by atoms with Crippen molar-refractivity contribution < 1.29 is 4.52 Å². The van der Waals surface area contributed by atoms with Gasteiger partial charge < -0.3 is 14.7 Å². The Bertz CT molecular complexity index is 535. The molecule has 6 nitrogen and oxygen atoms in total. The Balaban J connectivity index is 1.28. The summed E-state index contributed by atoms with van der Waals surface area (Å²) >= 11 is 0. The minimum atomic E-state index is 0.662. The molecular formula is C17H27N5O. The smallest absolute Gasteiger partial charge is 0.194 e. The largest absolute Gasteiger partial charge is 0.364 e. The summed E-state index contributed by atoms with van der Waals surface area (Å²) in [5.74, 6) is 2.98. The highest BCUT2D eigenvalue weighted by molar-refractivity contribution is 5.79. The van der Waals surface area contributed by atoms with Gasteiger partial charge in [0, 0.05) is 45.3 Å². The highest BCUT2D eigenvalue weighted by Crippen LogP contribution is 2.46. The van der Waals surface area contributed by atoms with Gasteiger partial charge in [-0.05, 0) is 31.1 Å². The number of hydrogen-bond donors (Lipinski definition) is 1. The minimum absolute atomic E-state index is 0.662. The summed E-state index contributed by atoms with van der Waals surface area (Å²) in [6, 6.07) is 2.74. The van der Waals surface area contributed by atoms with Crippen LogP contribution in [0.1, 0.15) is 31.4 Å². The van der Waals surface area contributed by atoms with Crippen molar-refractivity contribution in [2.75, 3.05) is 33.2 Å². The van der Waals surface area contributed by atoms with Crippen LogP contribution in [-0.2, 0) is 6.54 Å². The number of nitrogens with zero attached hydrogens (tertiary/aromatic N) is 4. The molecule has 6 heteroatoms. The van der Waals surface area contributed by atoms with E-state index in [1.54, 1.807) is 6.26 Å². The van der Waals surface area contributed by atoms with Crippen LogP contribution in [0.4, 0.5) is 0 Å². The molecule has 126 valence electrons. The summed E-state index contributed by atoms with van der Waals surface area (Å²) in [5.41, 5.74) is 0.909. The highest BCUT2D eigenvalue weighted by Gasteiger charge is 2.42. The number of piperazine rings is 1. The van der Waals surface area contributed by atoms with E-state index in [2.05, 4.69) is 25.3 Å². The lowest BCUT2D eigenvalue weighted by Gasteiger charge is -2.41. The molecule has 0 radical (unpaired) electrons. The molecule has 4 rings (SSSR count). The van der Waals surface area contributed by atoms with Crippen molar-refractivity contribution in [1.29, 1.82) is 0 Å². The Morgan fingerprint density at radius 3 is 2.78 bits per heavy atom. The summed E-state index contributed by atoms with van der Waals surface area (Å²) in [6.07, 6.45) is 7.50. The van der Waals surface area contributed by atoms with E-state index in [9.17, 15) is 0 Å². The van der Waals surface area contributed by atoms with Crippen molar-refractivity contribution in [1.82, 2.24) is 20.3 Å². The number of nitrogens with one attached hydrogen (secondary N) is 1. The number of rotatable bonds is 3. The number of aromatic nitrogens is 1. The van der Waals surface area contributed by atoms with Gasteiger partial charge >= 0.3 is 0 Å². The molecule has 0 aromatic carbocycles. The van der Waals surface area contributed by atoms with E-state index >= 15 is 0 Å². The lowest BCUT2D eigenvalue weighted by atomic mass is 9.93. The third kappa shape index (κ3) is 3.09. The molecule has 3 fully saturated rings. The number of aliphatic imine (C=N–C) groups is 1. The van der Waals surface area contributed by atoms with E-state index in [4.69, 9.17) is 4.52 Å². The topological polar surface area (TPSA) is 56.9 Å². The van der Waals surface area contributed by atoms with Crippen LogP contribution in [0.15, 0.2) is 21.8 Å². The summed E-state index contributed by atoms with van der Waals surface area (Å²) in [5, 5.41) is 7.32. The van der Waals surface area contributed by atoms with Crippen molar-refractivity contribution in [3.8, 4) is 0 Å². The van der Waals surface area contributed by atoms with E-state index in [0.29, 0.717) is 6.54 Å². The average Bonchev–Trinajstić information content (AvgIpc) is 3.34. The predicted molar refractivity (Wildman–Crippen MR) is 89.1 cm³/mol. The maximum Gasteiger partial charge on any atom is 0.194 e. The molecule has 3 unspecified atom stereocenters. The van der Waals surface area contributed by atoms with Gasteiger partial charge in [-0.1, -0.05) is 11.6 Å². The van der Waals surface area contributed by atoms with Gasteiger partial charge in [-0.25, -0.2) is 0 Å². The maximum absolute atomic E-state index is 4.87. The summed E-state index contributed by atoms with van der Waals surface area (Å²) in [4.78, 5) is 9.53.